The fraction of sp³-hybridized carbons (Fsp3) is 0.824. The van der Waals surface area contributed by atoms with Crippen LogP contribution in [-0.4, -0.2) is 23.6 Å². The minimum Gasteiger partial charge on any atom is -0.276 e. The zero-order valence-electron chi connectivity index (χ0n) is 14.1. The highest BCUT2D eigenvalue weighted by Crippen LogP contribution is 2.27. The maximum Gasteiger partial charge on any atom is 0.425 e. The first-order valence-electron chi connectivity index (χ1n) is 8.21. The summed E-state index contributed by atoms with van der Waals surface area (Å²) in [6.07, 6.45) is 6.25. The Morgan fingerprint density at radius 2 is 1.40 bits per heavy atom. The predicted molar refractivity (Wildman–Crippen MR) is 84.9 cm³/mol. The third kappa shape index (κ3) is 3.85. The first-order valence-corrected chi connectivity index (χ1v) is 8.21. The van der Waals surface area contributed by atoms with Crippen LogP contribution < -0.4 is 5.32 Å². The van der Waals surface area contributed by atoms with Gasteiger partial charge in [0.25, 0.3) is 0 Å². The maximum absolute atomic E-state index is 12.4. The van der Waals surface area contributed by atoms with Crippen LogP contribution in [0.25, 0.3) is 0 Å². The van der Waals surface area contributed by atoms with Crippen molar-refractivity contribution in [3.05, 3.63) is 12.4 Å². The van der Waals surface area contributed by atoms with Crippen LogP contribution in [0.1, 0.15) is 54.4 Å². The molecule has 0 saturated heterocycles. The van der Waals surface area contributed by atoms with E-state index in [0.29, 0.717) is 28.2 Å². The lowest BCUT2D eigenvalue weighted by molar-refractivity contribution is -0.803. The molecule has 0 bridgehead atoms. The summed E-state index contributed by atoms with van der Waals surface area (Å²) < 4.78 is 0.483. The normalized spacial score (nSPS) is 28.0. The highest BCUT2D eigenvalue weighted by molar-refractivity contribution is 5.70. The van der Waals surface area contributed by atoms with E-state index in [1.807, 2.05) is 6.20 Å². The molecule has 1 aliphatic heterocycles. The van der Waals surface area contributed by atoms with E-state index in [1.54, 1.807) is 0 Å². The summed E-state index contributed by atoms with van der Waals surface area (Å²) in [5.41, 5.74) is 0. The van der Waals surface area contributed by atoms with Crippen LogP contribution in [0.2, 0.25) is 0 Å². The van der Waals surface area contributed by atoms with E-state index < -0.39 is 0 Å². The highest BCUT2D eigenvalue weighted by Gasteiger charge is 2.42. The molecule has 0 aromatic carbocycles. The van der Waals surface area contributed by atoms with Crippen molar-refractivity contribution < 1.29 is 9.28 Å². The van der Waals surface area contributed by atoms with Gasteiger partial charge in [-0.15, -0.1) is 0 Å². The first-order chi connectivity index (χ1) is 9.36. The number of quaternary nitrogens is 1. The van der Waals surface area contributed by atoms with Crippen LogP contribution in [0.5, 0.6) is 0 Å². The Bertz CT molecular complexity index is 333. The van der Waals surface area contributed by atoms with Crippen LogP contribution in [0, 0.1) is 23.7 Å². The van der Waals surface area contributed by atoms with E-state index in [4.69, 9.17) is 0 Å². The number of nitrogens with zero attached hydrogens (tertiary/aromatic N) is 1. The Balaban J connectivity index is 2.83. The van der Waals surface area contributed by atoms with E-state index >= 15 is 0 Å². The Morgan fingerprint density at radius 3 is 1.70 bits per heavy atom. The van der Waals surface area contributed by atoms with Crippen molar-refractivity contribution in [1.29, 1.82) is 0 Å². The second kappa shape index (κ2) is 7.26. The summed E-state index contributed by atoms with van der Waals surface area (Å²) in [6.45, 7) is 15.4. The summed E-state index contributed by atoms with van der Waals surface area (Å²) in [6, 6.07) is 0.148. The Kier molecular flexibility index (Phi) is 6.25. The lowest BCUT2D eigenvalue weighted by atomic mass is 9.89. The van der Waals surface area contributed by atoms with Crippen LogP contribution in [0.3, 0.4) is 0 Å². The second-order valence-corrected chi connectivity index (χ2v) is 6.89. The van der Waals surface area contributed by atoms with Crippen molar-refractivity contribution in [3.63, 3.8) is 0 Å². The smallest absolute Gasteiger partial charge is 0.276 e. The minimum absolute atomic E-state index is 0.148. The first kappa shape index (κ1) is 17.2. The molecule has 2 amide bonds. The number of rotatable bonds is 8. The minimum atomic E-state index is 0.148. The van der Waals surface area contributed by atoms with Crippen LogP contribution in [-0.2, 0) is 0 Å². The van der Waals surface area contributed by atoms with Gasteiger partial charge in [-0.2, -0.15) is 0 Å². The molecule has 4 atom stereocenters. The van der Waals surface area contributed by atoms with E-state index in [-0.39, 0.29) is 6.03 Å². The fourth-order valence-electron chi connectivity index (χ4n) is 3.00. The number of hydrogen-bond acceptors (Lipinski definition) is 1. The number of hydrogen-bond donors (Lipinski definition) is 1. The van der Waals surface area contributed by atoms with E-state index in [2.05, 4.69) is 53.1 Å². The average molecular weight is 281 g/mol. The monoisotopic (exact) mass is 281 g/mol. The van der Waals surface area contributed by atoms with Crippen LogP contribution in [0.15, 0.2) is 12.4 Å². The molecule has 3 nitrogen and oxygen atoms in total. The van der Waals surface area contributed by atoms with Crippen LogP contribution in [0.4, 0.5) is 4.79 Å². The molecule has 0 aliphatic carbocycles. The zero-order chi connectivity index (χ0) is 15.3. The average Bonchev–Trinajstić information content (AvgIpc) is 2.77. The van der Waals surface area contributed by atoms with Gasteiger partial charge in [-0.05, 0) is 11.8 Å². The maximum atomic E-state index is 12.4. The van der Waals surface area contributed by atoms with Gasteiger partial charge in [0.15, 0.2) is 0 Å². The molecule has 0 aromatic heterocycles. The fourth-order valence-corrected chi connectivity index (χ4v) is 3.00. The molecule has 116 valence electrons. The van der Waals surface area contributed by atoms with Gasteiger partial charge in [0.2, 0.25) is 0 Å². The van der Waals surface area contributed by atoms with Crippen molar-refractivity contribution in [3.8, 4) is 0 Å². The largest absolute Gasteiger partial charge is 0.425 e. The summed E-state index contributed by atoms with van der Waals surface area (Å²) in [4.78, 5) is 12.4. The molecule has 1 heterocycles. The van der Waals surface area contributed by atoms with Gasteiger partial charge in [0.05, 0.1) is 19.3 Å². The molecule has 0 aromatic rings. The molecule has 20 heavy (non-hydrogen) atoms. The topological polar surface area (TPSA) is 29.1 Å². The zero-order valence-corrected chi connectivity index (χ0v) is 14.1. The summed E-state index contributed by atoms with van der Waals surface area (Å²) >= 11 is 0. The number of nitrogens with one attached hydrogen (secondary N) is 1. The lowest BCUT2D eigenvalue weighted by Crippen LogP contribution is -2.54. The van der Waals surface area contributed by atoms with Gasteiger partial charge in [0, 0.05) is 11.8 Å². The molecule has 0 radical (unpaired) electrons. The number of urea groups is 1. The van der Waals surface area contributed by atoms with Crippen molar-refractivity contribution in [1.82, 2.24) is 5.32 Å². The molecule has 3 heteroatoms. The Hall–Kier alpha value is -0.830. The van der Waals surface area contributed by atoms with Gasteiger partial charge in [-0.1, -0.05) is 54.4 Å². The number of carbonyl (C=O) groups excluding carboxylic acids is 1. The molecular weight excluding hydrogens is 248 g/mol. The summed E-state index contributed by atoms with van der Waals surface area (Å²) in [7, 11) is 0. The van der Waals surface area contributed by atoms with Crippen LogP contribution >= 0.6 is 0 Å². The van der Waals surface area contributed by atoms with Gasteiger partial charge in [-0.3, -0.25) is 5.32 Å². The quantitative estimate of drug-likeness (QED) is 0.658. The number of carbonyl (C=O) groups is 1. The predicted octanol–water partition coefficient (Wildman–Crippen LogP) is 4.36. The lowest BCUT2D eigenvalue weighted by Gasteiger charge is -2.35. The molecule has 1 aliphatic rings. The van der Waals surface area contributed by atoms with Gasteiger partial charge in [0.1, 0.15) is 6.20 Å². The number of amides is 2. The van der Waals surface area contributed by atoms with Crippen molar-refractivity contribution in [2.24, 2.45) is 23.7 Å². The molecule has 0 fully saturated rings. The van der Waals surface area contributed by atoms with Gasteiger partial charge >= 0.3 is 6.03 Å². The van der Waals surface area contributed by atoms with E-state index in [9.17, 15) is 4.79 Å². The van der Waals surface area contributed by atoms with Crippen molar-refractivity contribution in [2.45, 2.75) is 54.4 Å². The molecule has 0 spiro atoms. The highest BCUT2D eigenvalue weighted by atomic mass is 16.2. The van der Waals surface area contributed by atoms with Gasteiger partial charge in [-0.25, -0.2) is 9.28 Å². The van der Waals surface area contributed by atoms with Crippen molar-refractivity contribution in [2.75, 3.05) is 13.1 Å². The van der Waals surface area contributed by atoms with Gasteiger partial charge < -0.3 is 0 Å². The third-order valence-corrected chi connectivity index (χ3v) is 5.43. The molecule has 4 unspecified atom stereocenters. The van der Waals surface area contributed by atoms with Crippen molar-refractivity contribution >= 4 is 6.03 Å². The Morgan fingerprint density at radius 1 is 0.950 bits per heavy atom. The standard InChI is InChI=1S/C17H32N2O/c1-7-13(3)15(5)11-19(10-9-18-17(19)20)12-16(6)14(4)8-2/h9-10,13-16H,7-8,11-12H2,1-6H3/p+1. The summed E-state index contributed by atoms with van der Waals surface area (Å²) in [5.74, 6) is 2.42. The SMILES string of the molecule is CCC(C)C(C)C[N+]1(CC(C)C(C)CC)C=CNC1=O. The molecule has 1 rings (SSSR count). The molecular formula is C17H33N2O+. The molecule has 0 saturated carbocycles. The summed E-state index contributed by atoms with van der Waals surface area (Å²) in [5, 5.41) is 2.89. The second-order valence-electron chi connectivity index (χ2n) is 6.89. The van der Waals surface area contributed by atoms with E-state index in [1.165, 1.54) is 12.8 Å². The Labute approximate surface area is 125 Å². The third-order valence-electron chi connectivity index (χ3n) is 5.43. The van der Waals surface area contributed by atoms with E-state index in [0.717, 1.165) is 13.1 Å². The molecule has 1 N–H and O–H groups in total.